The summed E-state index contributed by atoms with van der Waals surface area (Å²) in [5, 5.41) is 11.3. The van der Waals surface area contributed by atoms with E-state index in [1.165, 1.54) is 48.1 Å². The number of rotatable bonds is 2. The summed E-state index contributed by atoms with van der Waals surface area (Å²) in [7, 11) is 4.94. The lowest BCUT2D eigenvalue weighted by Gasteiger charge is -2.18. The van der Waals surface area contributed by atoms with Gasteiger partial charge >= 0.3 is 0 Å². The van der Waals surface area contributed by atoms with Crippen molar-refractivity contribution in [3.05, 3.63) is 64.1 Å². The third kappa shape index (κ3) is 2.77. The highest BCUT2D eigenvalue weighted by Crippen LogP contribution is 2.38. The van der Waals surface area contributed by atoms with Crippen molar-refractivity contribution in [2.45, 2.75) is 0 Å². The summed E-state index contributed by atoms with van der Waals surface area (Å²) in [6.45, 7) is 0. The first kappa shape index (κ1) is 19.4. The third-order valence-electron chi connectivity index (χ3n) is 5.13. The second kappa shape index (κ2) is 6.85. The van der Waals surface area contributed by atoms with E-state index < -0.39 is 17.2 Å². The molecule has 150 valence electrons. The average molecular weight is 405 g/mol. The molecule has 0 amide bonds. The zero-order valence-electron chi connectivity index (χ0n) is 16.5. The van der Waals surface area contributed by atoms with Crippen LogP contribution >= 0.6 is 0 Å². The van der Waals surface area contributed by atoms with Gasteiger partial charge in [0.2, 0.25) is 0 Å². The van der Waals surface area contributed by atoms with Crippen LogP contribution in [0.15, 0.2) is 41.3 Å². The van der Waals surface area contributed by atoms with Crippen molar-refractivity contribution >= 4 is 27.4 Å². The maximum atomic E-state index is 15.8. The van der Waals surface area contributed by atoms with Gasteiger partial charge in [0.1, 0.15) is 17.3 Å². The number of pyridine rings is 2. The maximum absolute atomic E-state index is 15.8. The standard InChI is InChI=1S/C23H17F2N3O2/c1-5-14-17(24)7-6-12-8-13(29)9-15(20(12)14)22-21(25)23-16(11-26-22)18(27(2)3)10-19(30)28(23)4/h1,6-11,29H,2-4H3. The van der Waals surface area contributed by atoms with Crippen molar-refractivity contribution in [2.75, 3.05) is 19.0 Å². The first-order valence-electron chi connectivity index (χ1n) is 9.02. The van der Waals surface area contributed by atoms with E-state index in [-0.39, 0.29) is 33.5 Å². The average Bonchev–Trinajstić information content (AvgIpc) is 2.70. The van der Waals surface area contributed by atoms with Gasteiger partial charge in [-0.05, 0) is 23.6 Å². The Morgan fingerprint density at radius 3 is 2.60 bits per heavy atom. The Kier molecular flexibility index (Phi) is 4.43. The molecule has 0 saturated heterocycles. The molecule has 0 atom stereocenters. The van der Waals surface area contributed by atoms with E-state index in [9.17, 15) is 14.3 Å². The molecule has 1 N–H and O–H groups in total. The van der Waals surface area contributed by atoms with Gasteiger partial charge in [0.15, 0.2) is 5.82 Å². The number of anilines is 1. The van der Waals surface area contributed by atoms with E-state index in [2.05, 4.69) is 10.9 Å². The molecular formula is C23H17F2N3O2. The third-order valence-corrected chi connectivity index (χ3v) is 5.13. The molecule has 4 rings (SSSR count). The smallest absolute Gasteiger partial charge is 0.252 e. The van der Waals surface area contributed by atoms with Crippen LogP contribution in [0, 0.1) is 24.0 Å². The number of benzene rings is 2. The van der Waals surface area contributed by atoms with Crippen LogP contribution in [0.2, 0.25) is 0 Å². The van der Waals surface area contributed by atoms with E-state index in [0.717, 1.165) is 0 Å². The molecule has 0 spiro atoms. The zero-order valence-corrected chi connectivity index (χ0v) is 16.5. The molecule has 0 aliphatic rings. The van der Waals surface area contributed by atoms with Gasteiger partial charge in [-0.25, -0.2) is 8.78 Å². The predicted molar refractivity (Wildman–Crippen MR) is 114 cm³/mol. The van der Waals surface area contributed by atoms with E-state index in [1.54, 1.807) is 19.0 Å². The van der Waals surface area contributed by atoms with Crippen LogP contribution < -0.4 is 10.5 Å². The molecule has 0 radical (unpaired) electrons. The molecule has 2 heterocycles. The molecule has 0 unspecified atom stereocenters. The number of phenols is 1. The number of fused-ring (bicyclic) bond motifs is 2. The Morgan fingerprint density at radius 1 is 1.20 bits per heavy atom. The number of terminal acetylenes is 1. The van der Waals surface area contributed by atoms with Crippen molar-refractivity contribution in [2.24, 2.45) is 7.05 Å². The van der Waals surface area contributed by atoms with Gasteiger partial charge in [0, 0.05) is 49.7 Å². The minimum Gasteiger partial charge on any atom is -0.508 e. The lowest BCUT2D eigenvalue weighted by molar-refractivity contribution is 0.476. The highest BCUT2D eigenvalue weighted by molar-refractivity contribution is 6.03. The van der Waals surface area contributed by atoms with Crippen molar-refractivity contribution in [1.29, 1.82) is 0 Å². The molecule has 0 saturated carbocycles. The zero-order chi connectivity index (χ0) is 21.7. The monoisotopic (exact) mass is 405 g/mol. The van der Waals surface area contributed by atoms with Crippen LogP contribution in [0.1, 0.15) is 5.56 Å². The maximum Gasteiger partial charge on any atom is 0.252 e. The summed E-state index contributed by atoms with van der Waals surface area (Å²) in [5.41, 5.74) is 0.114. The van der Waals surface area contributed by atoms with Crippen LogP contribution in [0.4, 0.5) is 14.5 Å². The van der Waals surface area contributed by atoms with Gasteiger partial charge < -0.3 is 14.6 Å². The summed E-state index contributed by atoms with van der Waals surface area (Å²) >= 11 is 0. The number of aryl methyl sites for hydroxylation is 1. The van der Waals surface area contributed by atoms with Crippen LogP contribution in [0.25, 0.3) is 32.9 Å². The van der Waals surface area contributed by atoms with Crippen molar-refractivity contribution in [1.82, 2.24) is 9.55 Å². The second-order valence-corrected chi connectivity index (χ2v) is 7.16. The van der Waals surface area contributed by atoms with Crippen LogP contribution in [0.3, 0.4) is 0 Å². The van der Waals surface area contributed by atoms with Crippen LogP contribution in [0.5, 0.6) is 5.75 Å². The largest absolute Gasteiger partial charge is 0.508 e. The molecule has 0 aliphatic heterocycles. The molecule has 5 nitrogen and oxygen atoms in total. The normalized spacial score (nSPS) is 11.1. The number of hydrogen-bond acceptors (Lipinski definition) is 4. The lowest BCUT2D eigenvalue weighted by atomic mass is 9.95. The minimum absolute atomic E-state index is 0.0475. The first-order chi connectivity index (χ1) is 14.2. The number of nitrogens with zero attached hydrogens (tertiary/aromatic N) is 3. The fraction of sp³-hybridized carbons (Fsp3) is 0.130. The highest BCUT2D eigenvalue weighted by Gasteiger charge is 2.21. The van der Waals surface area contributed by atoms with Crippen LogP contribution in [-0.4, -0.2) is 28.8 Å². The molecule has 7 heteroatoms. The molecule has 4 aromatic rings. The minimum atomic E-state index is -0.769. The topological polar surface area (TPSA) is 58.4 Å². The summed E-state index contributed by atoms with van der Waals surface area (Å²) < 4.78 is 31.3. The Hall–Kier alpha value is -3.92. The van der Waals surface area contributed by atoms with E-state index in [1.807, 2.05) is 0 Å². The van der Waals surface area contributed by atoms with Gasteiger partial charge in [0.05, 0.1) is 16.8 Å². The fourth-order valence-electron chi connectivity index (χ4n) is 3.70. The number of aromatic nitrogens is 2. The predicted octanol–water partition coefficient (Wildman–Crippen LogP) is 3.78. The molecule has 0 bridgehead atoms. The molecule has 2 aromatic carbocycles. The number of hydrogen-bond donors (Lipinski definition) is 1. The van der Waals surface area contributed by atoms with Crippen molar-refractivity contribution in [3.8, 4) is 29.4 Å². The number of aromatic hydroxyl groups is 1. The Morgan fingerprint density at radius 2 is 1.93 bits per heavy atom. The fourth-order valence-corrected chi connectivity index (χ4v) is 3.70. The Bertz CT molecular complexity index is 1450. The van der Waals surface area contributed by atoms with Gasteiger partial charge in [-0.15, -0.1) is 6.42 Å². The lowest BCUT2D eigenvalue weighted by Crippen LogP contribution is -2.21. The van der Waals surface area contributed by atoms with E-state index in [0.29, 0.717) is 16.5 Å². The Labute approximate surface area is 170 Å². The van der Waals surface area contributed by atoms with Gasteiger partial charge in [-0.2, -0.15) is 0 Å². The van der Waals surface area contributed by atoms with E-state index in [4.69, 9.17) is 6.42 Å². The molecule has 30 heavy (non-hydrogen) atoms. The Balaban J connectivity index is 2.19. The number of phenolic OH excluding ortho intramolecular Hbond substituents is 1. The molecule has 2 aromatic heterocycles. The summed E-state index contributed by atoms with van der Waals surface area (Å²) in [6, 6.07) is 6.75. The van der Waals surface area contributed by atoms with Gasteiger partial charge in [-0.3, -0.25) is 9.78 Å². The van der Waals surface area contributed by atoms with Crippen molar-refractivity contribution in [3.63, 3.8) is 0 Å². The van der Waals surface area contributed by atoms with E-state index >= 15 is 4.39 Å². The highest BCUT2D eigenvalue weighted by atomic mass is 19.1. The summed E-state index contributed by atoms with van der Waals surface area (Å²) in [6.07, 6.45) is 6.96. The SMILES string of the molecule is C#Cc1c(F)ccc2cc(O)cc(-c3ncc4c(N(C)C)cc(=O)n(C)c4c3F)c12. The van der Waals surface area contributed by atoms with Crippen LogP contribution in [-0.2, 0) is 7.05 Å². The number of halogens is 2. The summed E-state index contributed by atoms with van der Waals surface area (Å²) in [4.78, 5) is 18.4. The van der Waals surface area contributed by atoms with Gasteiger partial charge in [-0.1, -0.05) is 12.0 Å². The first-order valence-corrected chi connectivity index (χ1v) is 9.02. The van der Waals surface area contributed by atoms with Gasteiger partial charge in [0.25, 0.3) is 5.56 Å². The molecule has 0 fully saturated rings. The second-order valence-electron chi connectivity index (χ2n) is 7.16. The summed E-state index contributed by atoms with van der Waals surface area (Å²) in [5.74, 6) is 0.744. The molecular weight excluding hydrogens is 388 g/mol. The quantitative estimate of drug-likeness (QED) is 0.516. The van der Waals surface area contributed by atoms with Crippen molar-refractivity contribution < 1.29 is 13.9 Å². The molecule has 0 aliphatic carbocycles.